The fraction of sp³-hybridized carbons (Fsp3) is 0.425. The first-order valence-corrected chi connectivity index (χ1v) is 19.9. The molecule has 0 amide bonds. The molecule has 2 atom stereocenters. The number of rotatable bonds is 7. The van der Waals surface area contributed by atoms with Gasteiger partial charge in [0.15, 0.2) is 11.5 Å². The van der Waals surface area contributed by atoms with Crippen LogP contribution in [0.3, 0.4) is 0 Å². The zero-order valence-electron chi connectivity index (χ0n) is 28.2. The standard InChI is InChI=1S/C40H47NO6S2/c1-46-39-37(45)19-15-28-13-17-31(43)22-33(47-40(41-30-9-2-3-10-30)29-8-6-7-26(21-29)24-42)11-4-5-20-48-49-25-36-34(38(28)39)18-14-27-12-16-32(44)23-35(27)36/h6-8,12,14-16,18-19,21,23,30,33,40-42,44-45H,2-5,9-11,13,17,20,22,24-25H2,1H3/t33-,40+/m1/s1. The van der Waals surface area contributed by atoms with Gasteiger partial charge in [0.1, 0.15) is 17.8 Å². The quantitative estimate of drug-likeness (QED) is 0.111. The van der Waals surface area contributed by atoms with E-state index in [-0.39, 0.29) is 36.2 Å². The van der Waals surface area contributed by atoms with Crippen molar-refractivity contribution in [1.29, 1.82) is 0 Å². The SMILES string of the molecule is COc1c(O)ccc2c1-c1ccc3ccc(O)cc3c1CSSCCCC[C@@H](O[C@H](NC1CCCC1)c1cccc(CO)c1)CC(=O)CC2. The summed E-state index contributed by atoms with van der Waals surface area (Å²) in [6.45, 7) is -0.0329. The van der Waals surface area contributed by atoms with E-state index < -0.39 is 0 Å². The number of aromatic hydroxyl groups is 2. The number of carbonyl (C=O) groups excluding carboxylic acids is 1. The highest BCUT2D eigenvalue weighted by atomic mass is 33.1. The number of benzene rings is 4. The zero-order valence-corrected chi connectivity index (χ0v) is 29.8. The number of hydrogen-bond donors (Lipinski definition) is 4. The Kier molecular flexibility index (Phi) is 12.5. The minimum atomic E-state index is -0.360. The van der Waals surface area contributed by atoms with Crippen molar-refractivity contribution >= 4 is 38.1 Å². The molecule has 1 heterocycles. The lowest BCUT2D eigenvalue weighted by molar-refractivity contribution is -0.124. The van der Waals surface area contributed by atoms with Gasteiger partial charge in [0.2, 0.25) is 0 Å². The van der Waals surface area contributed by atoms with Gasteiger partial charge < -0.3 is 24.8 Å². The highest BCUT2D eigenvalue weighted by molar-refractivity contribution is 8.76. The van der Waals surface area contributed by atoms with Crippen molar-refractivity contribution in [2.45, 2.75) is 94.9 Å². The molecule has 0 spiro atoms. The summed E-state index contributed by atoms with van der Waals surface area (Å²) in [4.78, 5) is 13.8. The molecule has 49 heavy (non-hydrogen) atoms. The van der Waals surface area contributed by atoms with Gasteiger partial charge in [-0.1, -0.05) is 83.3 Å². The highest BCUT2D eigenvalue weighted by Gasteiger charge is 2.26. The van der Waals surface area contributed by atoms with E-state index in [1.54, 1.807) is 30.0 Å². The number of ether oxygens (including phenoxy) is 2. The number of phenolic OH excluding ortho intramolecular Hbond substituents is 2. The summed E-state index contributed by atoms with van der Waals surface area (Å²) < 4.78 is 12.6. The fourth-order valence-electron chi connectivity index (χ4n) is 7.19. The maximum Gasteiger partial charge on any atom is 0.168 e. The summed E-state index contributed by atoms with van der Waals surface area (Å²) in [6.07, 6.45) is 7.87. The molecule has 0 radical (unpaired) electrons. The predicted octanol–water partition coefficient (Wildman–Crippen LogP) is 8.99. The van der Waals surface area contributed by atoms with Gasteiger partial charge in [-0.05, 0) is 95.0 Å². The number of nitrogens with one attached hydrogen (secondary N) is 1. The molecule has 4 N–H and O–H groups in total. The number of aliphatic hydroxyl groups excluding tert-OH is 1. The lowest BCUT2D eigenvalue weighted by Gasteiger charge is -2.29. The number of hydrogen-bond acceptors (Lipinski definition) is 9. The van der Waals surface area contributed by atoms with Gasteiger partial charge >= 0.3 is 0 Å². The van der Waals surface area contributed by atoms with Crippen molar-refractivity contribution in [1.82, 2.24) is 5.32 Å². The molecular formula is C40H47NO6S2. The monoisotopic (exact) mass is 701 g/mol. The highest BCUT2D eigenvalue weighted by Crippen LogP contribution is 2.45. The van der Waals surface area contributed by atoms with Crippen molar-refractivity contribution in [2.75, 3.05) is 12.9 Å². The first-order chi connectivity index (χ1) is 23.9. The fourth-order valence-corrected chi connectivity index (χ4v) is 9.45. The smallest absolute Gasteiger partial charge is 0.168 e. The number of carbonyl (C=O) groups is 1. The molecule has 0 unspecified atom stereocenters. The average molecular weight is 702 g/mol. The summed E-state index contributed by atoms with van der Waals surface area (Å²) in [5.74, 6) is 2.43. The number of phenols is 2. The van der Waals surface area contributed by atoms with Crippen molar-refractivity contribution in [3.8, 4) is 28.4 Å². The van der Waals surface area contributed by atoms with Crippen LogP contribution in [0.2, 0.25) is 0 Å². The summed E-state index contributed by atoms with van der Waals surface area (Å²) >= 11 is 0. The van der Waals surface area contributed by atoms with E-state index in [0.29, 0.717) is 36.8 Å². The summed E-state index contributed by atoms with van der Waals surface area (Å²) in [5, 5.41) is 36.9. The second-order valence-corrected chi connectivity index (χ2v) is 15.7. The number of aryl methyl sites for hydroxylation is 1. The molecule has 1 aliphatic heterocycles. The molecule has 1 saturated carbocycles. The third kappa shape index (κ3) is 8.94. The maximum atomic E-state index is 13.8. The summed E-state index contributed by atoms with van der Waals surface area (Å²) in [5.41, 5.74) is 5.52. The normalized spacial score (nSPS) is 19.0. The third-order valence-electron chi connectivity index (χ3n) is 9.74. The summed E-state index contributed by atoms with van der Waals surface area (Å²) in [6, 6.07) is 21.4. The molecule has 0 bridgehead atoms. The van der Waals surface area contributed by atoms with Crippen LogP contribution in [0.5, 0.6) is 17.2 Å². The third-order valence-corrected chi connectivity index (χ3v) is 12.1. The molecule has 1 fully saturated rings. The van der Waals surface area contributed by atoms with Gasteiger partial charge in [-0.25, -0.2) is 0 Å². The Bertz CT molecular complexity index is 1740. The molecule has 9 heteroatoms. The van der Waals surface area contributed by atoms with E-state index in [4.69, 9.17) is 9.47 Å². The molecule has 0 saturated heterocycles. The second kappa shape index (κ2) is 17.1. The first kappa shape index (κ1) is 35.6. The van der Waals surface area contributed by atoms with E-state index in [1.165, 1.54) is 12.8 Å². The minimum Gasteiger partial charge on any atom is -0.508 e. The van der Waals surface area contributed by atoms with Crippen molar-refractivity contribution in [3.05, 3.63) is 89.0 Å². The van der Waals surface area contributed by atoms with E-state index >= 15 is 0 Å². The van der Waals surface area contributed by atoms with E-state index in [9.17, 15) is 20.1 Å². The van der Waals surface area contributed by atoms with Crippen LogP contribution in [0, 0.1) is 0 Å². The Balaban J connectivity index is 1.30. The van der Waals surface area contributed by atoms with Crippen LogP contribution < -0.4 is 10.1 Å². The molecule has 6 rings (SSSR count). The molecule has 4 aromatic rings. The largest absolute Gasteiger partial charge is 0.508 e. The van der Waals surface area contributed by atoms with Gasteiger partial charge in [-0.15, -0.1) is 0 Å². The molecule has 4 aromatic carbocycles. The number of methoxy groups -OCH3 is 1. The molecule has 1 aliphatic carbocycles. The van der Waals surface area contributed by atoms with Crippen molar-refractivity contribution < 1.29 is 29.6 Å². The van der Waals surface area contributed by atoms with Gasteiger partial charge in [0, 0.05) is 36.0 Å². The van der Waals surface area contributed by atoms with Crippen LogP contribution in [0.15, 0.2) is 66.7 Å². The number of aliphatic hydroxyl groups is 1. The molecule has 7 nitrogen and oxygen atoms in total. The topological polar surface area (TPSA) is 108 Å². The van der Waals surface area contributed by atoms with Gasteiger partial charge in [0.25, 0.3) is 0 Å². The van der Waals surface area contributed by atoms with Crippen molar-refractivity contribution in [3.63, 3.8) is 0 Å². The Morgan fingerprint density at radius 3 is 2.55 bits per heavy atom. The van der Waals surface area contributed by atoms with Crippen LogP contribution in [-0.4, -0.2) is 46.1 Å². The lowest BCUT2D eigenvalue weighted by atomic mass is 9.89. The summed E-state index contributed by atoms with van der Waals surface area (Å²) in [7, 11) is 5.18. The van der Waals surface area contributed by atoms with Crippen molar-refractivity contribution in [2.24, 2.45) is 0 Å². The van der Waals surface area contributed by atoms with Crippen LogP contribution in [0.1, 0.15) is 86.3 Å². The van der Waals surface area contributed by atoms with Gasteiger partial charge in [-0.2, -0.15) is 0 Å². The zero-order chi connectivity index (χ0) is 34.2. The van der Waals surface area contributed by atoms with Crippen LogP contribution in [-0.2, 0) is 28.3 Å². The molecule has 260 valence electrons. The van der Waals surface area contributed by atoms with E-state index in [2.05, 4.69) is 11.4 Å². The molecular weight excluding hydrogens is 655 g/mol. The number of Topliss-reactive ketones (excluding diaryl/α,β-unsaturated/α-hetero) is 1. The number of ketones is 1. The lowest BCUT2D eigenvalue weighted by Crippen LogP contribution is -2.35. The van der Waals surface area contributed by atoms with Gasteiger partial charge in [0.05, 0.1) is 19.8 Å². The molecule has 2 aliphatic rings. The minimum absolute atomic E-state index is 0.0329. The second-order valence-electron chi connectivity index (χ2n) is 13.2. The number of fused-ring (bicyclic) bond motifs is 5. The Morgan fingerprint density at radius 2 is 1.73 bits per heavy atom. The van der Waals surface area contributed by atoms with E-state index in [0.717, 1.165) is 82.0 Å². The first-order valence-electron chi connectivity index (χ1n) is 17.4. The van der Waals surface area contributed by atoms with Crippen LogP contribution >= 0.6 is 21.6 Å². The Hall–Kier alpha value is -3.21. The van der Waals surface area contributed by atoms with Crippen LogP contribution in [0.4, 0.5) is 0 Å². The Morgan fingerprint density at radius 1 is 0.918 bits per heavy atom. The maximum absolute atomic E-state index is 13.8. The average Bonchev–Trinajstić information content (AvgIpc) is 3.63. The molecule has 0 aromatic heterocycles. The van der Waals surface area contributed by atoms with Gasteiger partial charge in [-0.3, -0.25) is 10.1 Å². The predicted molar refractivity (Wildman–Crippen MR) is 200 cm³/mol. The Labute approximate surface area is 297 Å². The van der Waals surface area contributed by atoms with Crippen LogP contribution in [0.25, 0.3) is 21.9 Å². The van der Waals surface area contributed by atoms with E-state index in [1.807, 2.05) is 59.3 Å².